The third-order valence-corrected chi connectivity index (χ3v) is 6.38. The molecule has 0 bridgehead atoms. The average molecular weight is 413 g/mol. The van der Waals surface area contributed by atoms with E-state index in [9.17, 15) is 9.59 Å². The van der Waals surface area contributed by atoms with Crippen molar-refractivity contribution in [2.45, 2.75) is 52.2 Å². The molecule has 1 aromatic heterocycles. The van der Waals surface area contributed by atoms with Gasteiger partial charge in [-0.25, -0.2) is 4.79 Å². The first-order chi connectivity index (χ1) is 14.1. The molecule has 0 spiro atoms. The monoisotopic (exact) mass is 412 g/mol. The number of aryl methyl sites for hydroxylation is 1. The number of nitrogens with one attached hydrogen (secondary N) is 1. The Morgan fingerprint density at radius 1 is 1.23 bits per heavy atom. The SMILES string of the molecule is CC1C[C@H]2CN(C(=O)OC(C)(C)C)[C@H](CNC(=O)c3nn(C)c4ccccc34)[C@H]2C1. The maximum absolute atomic E-state index is 13.0. The highest BCUT2D eigenvalue weighted by atomic mass is 16.6. The van der Waals surface area contributed by atoms with Crippen LogP contribution in [0, 0.1) is 17.8 Å². The van der Waals surface area contributed by atoms with Gasteiger partial charge in [-0.15, -0.1) is 0 Å². The van der Waals surface area contributed by atoms with Crippen LogP contribution in [0.5, 0.6) is 0 Å². The Morgan fingerprint density at radius 3 is 2.70 bits per heavy atom. The first-order valence-corrected chi connectivity index (χ1v) is 10.8. The third kappa shape index (κ3) is 3.89. The van der Waals surface area contributed by atoms with Crippen LogP contribution >= 0.6 is 0 Å². The highest BCUT2D eigenvalue weighted by molar-refractivity contribution is 6.04. The lowest BCUT2D eigenvalue weighted by molar-refractivity contribution is 0.0196. The van der Waals surface area contributed by atoms with E-state index in [1.165, 1.54) is 0 Å². The van der Waals surface area contributed by atoms with Crippen molar-refractivity contribution in [2.24, 2.45) is 24.8 Å². The first kappa shape index (κ1) is 20.7. The summed E-state index contributed by atoms with van der Waals surface area (Å²) < 4.78 is 7.38. The number of rotatable bonds is 3. The lowest BCUT2D eigenvalue weighted by atomic mass is 9.94. The molecule has 30 heavy (non-hydrogen) atoms. The van der Waals surface area contributed by atoms with Crippen molar-refractivity contribution in [3.05, 3.63) is 30.0 Å². The van der Waals surface area contributed by atoms with Crippen molar-refractivity contribution < 1.29 is 14.3 Å². The molecular formula is C23H32N4O3. The number of hydrogen-bond donors (Lipinski definition) is 1. The van der Waals surface area contributed by atoms with Crippen LogP contribution in [0.1, 0.15) is 51.0 Å². The first-order valence-electron chi connectivity index (χ1n) is 10.8. The number of aromatic nitrogens is 2. The molecule has 1 unspecified atom stereocenters. The van der Waals surface area contributed by atoms with Crippen molar-refractivity contribution in [3.63, 3.8) is 0 Å². The Morgan fingerprint density at radius 2 is 1.97 bits per heavy atom. The summed E-state index contributed by atoms with van der Waals surface area (Å²) in [6, 6.07) is 7.66. The van der Waals surface area contributed by atoms with Crippen LogP contribution in [0.25, 0.3) is 10.9 Å². The maximum Gasteiger partial charge on any atom is 0.410 e. The Kier molecular flexibility index (Phi) is 5.24. The molecule has 1 saturated heterocycles. The minimum Gasteiger partial charge on any atom is -0.444 e. The second-order valence-corrected chi connectivity index (χ2v) is 9.90. The van der Waals surface area contributed by atoms with Crippen molar-refractivity contribution in [3.8, 4) is 0 Å². The van der Waals surface area contributed by atoms with Crippen molar-refractivity contribution >= 4 is 22.9 Å². The normalized spacial score (nSPS) is 26.1. The average Bonchev–Trinajstić information content (AvgIpc) is 3.29. The third-order valence-electron chi connectivity index (χ3n) is 6.38. The molecule has 1 aliphatic heterocycles. The number of amides is 2. The molecule has 7 nitrogen and oxygen atoms in total. The van der Waals surface area contributed by atoms with Crippen LogP contribution in [-0.4, -0.2) is 51.4 Å². The molecule has 4 atom stereocenters. The number of carbonyl (C=O) groups excluding carboxylic acids is 2. The van der Waals surface area contributed by atoms with Gasteiger partial charge in [-0.3, -0.25) is 9.48 Å². The van der Waals surface area contributed by atoms with E-state index < -0.39 is 5.60 Å². The molecule has 2 aromatic rings. The fraction of sp³-hybridized carbons (Fsp3) is 0.609. The molecule has 7 heteroatoms. The number of carbonyl (C=O) groups is 2. The van der Waals surface area contributed by atoms with Crippen LogP contribution in [0.15, 0.2) is 24.3 Å². The van der Waals surface area contributed by atoms with Crippen LogP contribution in [-0.2, 0) is 11.8 Å². The van der Waals surface area contributed by atoms with E-state index in [2.05, 4.69) is 17.3 Å². The van der Waals surface area contributed by atoms with Gasteiger partial charge in [0.05, 0.1) is 11.6 Å². The molecule has 4 rings (SSSR count). The van der Waals surface area contributed by atoms with E-state index >= 15 is 0 Å². The van der Waals surface area contributed by atoms with E-state index in [1.54, 1.807) is 4.68 Å². The van der Waals surface area contributed by atoms with E-state index in [1.807, 2.05) is 57.0 Å². The number of para-hydroxylation sites is 1. The van der Waals surface area contributed by atoms with Crippen LogP contribution in [0.4, 0.5) is 4.79 Å². The summed E-state index contributed by atoms with van der Waals surface area (Å²) in [5.74, 6) is 1.32. The number of likely N-dealkylation sites (tertiary alicyclic amines) is 1. The van der Waals surface area contributed by atoms with E-state index in [0.717, 1.165) is 23.7 Å². The lowest BCUT2D eigenvalue weighted by Gasteiger charge is -2.31. The minimum atomic E-state index is -0.539. The van der Waals surface area contributed by atoms with Gasteiger partial charge in [-0.05, 0) is 57.4 Å². The molecule has 1 N–H and O–H groups in total. The number of nitrogens with zero attached hydrogens (tertiary/aromatic N) is 3. The Labute approximate surface area is 177 Å². The van der Waals surface area contributed by atoms with Gasteiger partial charge in [0.2, 0.25) is 0 Å². The summed E-state index contributed by atoms with van der Waals surface area (Å²) in [6.45, 7) is 9.03. The quantitative estimate of drug-likeness (QED) is 0.836. The number of ether oxygens (including phenoxy) is 1. The van der Waals surface area contributed by atoms with Crippen molar-refractivity contribution in [2.75, 3.05) is 13.1 Å². The number of fused-ring (bicyclic) bond motifs is 2. The fourth-order valence-electron chi connectivity index (χ4n) is 5.20. The zero-order chi connectivity index (χ0) is 21.6. The van der Waals surface area contributed by atoms with E-state index in [4.69, 9.17) is 4.74 Å². The zero-order valence-corrected chi connectivity index (χ0v) is 18.5. The molecule has 0 radical (unpaired) electrons. The van der Waals surface area contributed by atoms with Gasteiger partial charge in [-0.1, -0.05) is 25.1 Å². The van der Waals surface area contributed by atoms with Gasteiger partial charge in [0.15, 0.2) is 5.69 Å². The summed E-state index contributed by atoms with van der Waals surface area (Å²) in [5, 5.41) is 8.31. The Hall–Kier alpha value is -2.57. The Bertz CT molecular complexity index is 961. The van der Waals surface area contributed by atoms with Gasteiger partial charge in [0.1, 0.15) is 5.60 Å². The maximum atomic E-state index is 13.0. The van der Waals surface area contributed by atoms with Crippen LogP contribution < -0.4 is 5.32 Å². The van der Waals surface area contributed by atoms with Gasteiger partial charge >= 0.3 is 6.09 Å². The predicted molar refractivity (Wildman–Crippen MR) is 115 cm³/mol. The molecule has 162 valence electrons. The van der Waals surface area contributed by atoms with Crippen LogP contribution in [0.3, 0.4) is 0 Å². The molecule has 2 fully saturated rings. The van der Waals surface area contributed by atoms with Crippen LogP contribution in [0.2, 0.25) is 0 Å². The van der Waals surface area contributed by atoms with Gasteiger partial charge in [0.25, 0.3) is 5.91 Å². The largest absolute Gasteiger partial charge is 0.444 e. The Balaban J connectivity index is 1.51. The summed E-state index contributed by atoms with van der Waals surface area (Å²) >= 11 is 0. The molecule has 1 aliphatic carbocycles. The van der Waals surface area contributed by atoms with Crippen molar-refractivity contribution in [1.82, 2.24) is 20.0 Å². The minimum absolute atomic E-state index is 0.0475. The second-order valence-electron chi connectivity index (χ2n) is 9.90. The molecule has 1 saturated carbocycles. The molecule has 2 amide bonds. The summed E-state index contributed by atoms with van der Waals surface area (Å²) in [5.41, 5.74) is 0.803. The van der Waals surface area contributed by atoms with E-state index in [0.29, 0.717) is 36.5 Å². The standard InChI is InChI=1S/C23H32N4O3/c1-14-10-15-13-27(22(29)30-23(2,3)4)19(17(15)11-14)12-24-21(28)20-16-8-6-7-9-18(16)26(5)25-20/h6-9,14-15,17,19H,10-13H2,1-5H3,(H,24,28)/t14?,15-,17-,19+/m0/s1. The molecule has 1 aromatic carbocycles. The molecular weight excluding hydrogens is 380 g/mol. The smallest absolute Gasteiger partial charge is 0.410 e. The van der Waals surface area contributed by atoms with Gasteiger partial charge < -0.3 is 15.0 Å². The fourth-order valence-corrected chi connectivity index (χ4v) is 5.20. The number of hydrogen-bond acceptors (Lipinski definition) is 4. The lowest BCUT2D eigenvalue weighted by Crippen LogP contribution is -2.47. The number of benzene rings is 1. The van der Waals surface area contributed by atoms with Gasteiger partial charge in [0, 0.05) is 25.5 Å². The summed E-state index contributed by atoms with van der Waals surface area (Å²) in [4.78, 5) is 27.7. The molecule has 2 heterocycles. The summed E-state index contributed by atoms with van der Waals surface area (Å²) in [7, 11) is 1.84. The van der Waals surface area contributed by atoms with Gasteiger partial charge in [-0.2, -0.15) is 5.10 Å². The summed E-state index contributed by atoms with van der Waals surface area (Å²) in [6.07, 6.45) is 1.92. The predicted octanol–water partition coefficient (Wildman–Crippen LogP) is 3.58. The topological polar surface area (TPSA) is 76.5 Å². The molecule has 2 aliphatic rings. The zero-order valence-electron chi connectivity index (χ0n) is 18.5. The highest BCUT2D eigenvalue weighted by Crippen LogP contribution is 2.45. The van der Waals surface area contributed by atoms with E-state index in [-0.39, 0.29) is 18.0 Å². The highest BCUT2D eigenvalue weighted by Gasteiger charge is 2.49. The second kappa shape index (κ2) is 7.60. The van der Waals surface area contributed by atoms with Crippen molar-refractivity contribution in [1.29, 1.82) is 0 Å².